The van der Waals surface area contributed by atoms with Gasteiger partial charge in [-0.15, -0.1) is 0 Å². The van der Waals surface area contributed by atoms with Crippen molar-refractivity contribution in [3.63, 3.8) is 0 Å². The second kappa shape index (κ2) is 4.74. The molecule has 0 heterocycles. The number of carbonyl (C=O) groups excluding carboxylic acids is 1. The maximum Gasteiger partial charge on any atom is 0.156 e. The Labute approximate surface area is 86.6 Å². The van der Waals surface area contributed by atoms with Crippen LogP contribution in [0, 0.1) is 0 Å². The van der Waals surface area contributed by atoms with Crippen molar-refractivity contribution in [2.75, 3.05) is 0 Å². The van der Waals surface area contributed by atoms with E-state index in [9.17, 15) is 4.79 Å². The maximum atomic E-state index is 11.9. The molecule has 0 aromatic rings. The van der Waals surface area contributed by atoms with E-state index in [0.717, 1.165) is 37.7 Å². The standard InChI is InChI=1S/C12H21NO/c1-3-10(2)9-11(14)12(13)7-5-4-6-8-12/h2-9,13H2,1H3. The number of hydrogen-bond acceptors (Lipinski definition) is 2. The number of Topliss-reactive ketones (excluding diaryl/α,β-unsaturated/α-hetero) is 1. The predicted octanol–water partition coefficient (Wildman–Crippen LogP) is 2.57. The van der Waals surface area contributed by atoms with Crippen LogP contribution in [0.5, 0.6) is 0 Å². The molecular weight excluding hydrogens is 174 g/mol. The highest BCUT2D eigenvalue weighted by molar-refractivity contribution is 5.90. The highest BCUT2D eigenvalue weighted by Gasteiger charge is 2.34. The molecule has 14 heavy (non-hydrogen) atoms. The van der Waals surface area contributed by atoms with E-state index in [1.807, 2.05) is 6.92 Å². The van der Waals surface area contributed by atoms with E-state index in [4.69, 9.17) is 5.73 Å². The zero-order valence-electron chi connectivity index (χ0n) is 9.14. The minimum Gasteiger partial charge on any atom is -0.319 e. The molecule has 0 aromatic carbocycles. The van der Waals surface area contributed by atoms with Crippen LogP contribution in [0.4, 0.5) is 0 Å². The van der Waals surface area contributed by atoms with Gasteiger partial charge in [-0.05, 0) is 19.3 Å². The van der Waals surface area contributed by atoms with E-state index in [1.54, 1.807) is 0 Å². The van der Waals surface area contributed by atoms with Gasteiger partial charge in [0.2, 0.25) is 0 Å². The average Bonchev–Trinajstić information content (AvgIpc) is 2.18. The van der Waals surface area contributed by atoms with Crippen molar-refractivity contribution in [3.8, 4) is 0 Å². The quantitative estimate of drug-likeness (QED) is 0.701. The molecule has 2 nitrogen and oxygen atoms in total. The first kappa shape index (κ1) is 11.4. The van der Waals surface area contributed by atoms with Gasteiger partial charge in [-0.2, -0.15) is 0 Å². The molecule has 0 amide bonds. The van der Waals surface area contributed by atoms with Crippen LogP contribution in [-0.2, 0) is 4.79 Å². The molecule has 0 saturated heterocycles. The van der Waals surface area contributed by atoms with Gasteiger partial charge in [-0.3, -0.25) is 4.79 Å². The number of ketones is 1. The highest BCUT2D eigenvalue weighted by Crippen LogP contribution is 2.28. The van der Waals surface area contributed by atoms with Crippen LogP contribution in [0.2, 0.25) is 0 Å². The summed E-state index contributed by atoms with van der Waals surface area (Å²) in [7, 11) is 0. The van der Waals surface area contributed by atoms with Crippen LogP contribution in [-0.4, -0.2) is 11.3 Å². The number of allylic oxidation sites excluding steroid dienone is 1. The minimum atomic E-state index is -0.531. The number of hydrogen-bond donors (Lipinski definition) is 1. The van der Waals surface area contributed by atoms with E-state index in [0.29, 0.717) is 6.42 Å². The average molecular weight is 195 g/mol. The molecule has 80 valence electrons. The van der Waals surface area contributed by atoms with E-state index in [-0.39, 0.29) is 5.78 Å². The van der Waals surface area contributed by atoms with Gasteiger partial charge in [0.25, 0.3) is 0 Å². The fourth-order valence-electron chi connectivity index (χ4n) is 1.99. The van der Waals surface area contributed by atoms with Gasteiger partial charge < -0.3 is 5.73 Å². The molecule has 0 aromatic heterocycles. The van der Waals surface area contributed by atoms with Gasteiger partial charge in [-0.25, -0.2) is 0 Å². The van der Waals surface area contributed by atoms with Crippen molar-refractivity contribution in [2.45, 2.75) is 57.4 Å². The smallest absolute Gasteiger partial charge is 0.156 e. The molecule has 0 spiro atoms. The van der Waals surface area contributed by atoms with Crippen molar-refractivity contribution in [3.05, 3.63) is 12.2 Å². The monoisotopic (exact) mass is 195 g/mol. The van der Waals surface area contributed by atoms with Crippen LogP contribution >= 0.6 is 0 Å². The third-order valence-electron chi connectivity index (χ3n) is 3.21. The minimum absolute atomic E-state index is 0.198. The van der Waals surface area contributed by atoms with Crippen LogP contribution in [0.3, 0.4) is 0 Å². The van der Waals surface area contributed by atoms with Crippen LogP contribution in [0.25, 0.3) is 0 Å². The van der Waals surface area contributed by atoms with E-state index >= 15 is 0 Å². The summed E-state index contributed by atoms with van der Waals surface area (Å²) in [4.78, 5) is 11.9. The number of rotatable bonds is 4. The van der Waals surface area contributed by atoms with Gasteiger partial charge in [-0.1, -0.05) is 38.3 Å². The topological polar surface area (TPSA) is 43.1 Å². The predicted molar refractivity (Wildman–Crippen MR) is 59.1 cm³/mol. The molecule has 0 unspecified atom stereocenters. The lowest BCUT2D eigenvalue weighted by Gasteiger charge is -2.32. The van der Waals surface area contributed by atoms with E-state index in [1.165, 1.54) is 6.42 Å². The van der Waals surface area contributed by atoms with Gasteiger partial charge >= 0.3 is 0 Å². The van der Waals surface area contributed by atoms with Crippen molar-refractivity contribution in [2.24, 2.45) is 5.73 Å². The summed E-state index contributed by atoms with van der Waals surface area (Å²) < 4.78 is 0. The fourth-order valence-corrected chi connectivity index (χ4v) is 1.99. The van der Waals surface area contributed by atoms with Gasteiger partial charge in [0.1, 0.15) is 0 Å². The Morgan fingerprint density at radius 1 is 1.36 bits per heavy atom. The molecule has 1 aliphatic carbocycles. The van der Waals surface area contributed by atoms with Crippen LogP contribution in [0.1, 0.15) is 51.9 Å². The summed E-state index contributed by atoms with van der Waals surface area (Å²) in [5.74, 6) is 0.198. The summed E-state index contributed by atoms with van der Waals surface area (Å²) in [6.45, 7) is 5.89. The first-order chi connectivity index (χ1) is 6.58. The molecule has 2 heteroatoms. The van der Waals surface area contributed by atoms with Crippen molar-refractivity contribution >= 4 is 5.78 Å². The Hall–Kier alpha value is -0.630. The molecule has 1 aliphatic rings. The molecule has 0 atom stereocenters. The first-order valence-corrected chi connectivity index (χ1v) is 5.57. The Bertz CT molecular complexity index is 226. The second-order valence-corrected chi connectivity index (χ2v) is 4.42. The summed E-state index contributed by atoms with van der Waals surface area (Å²) in [6.07, 6.45) is 6.50. The largest absolute Gasteiger partial charge is 0.319 e. The van der Waals surface area contributed by atoms with Crippen LogP contribution < -0.4 is 5.73 Å². The Morgan fingerprint density at radius 2 is 1.93 bits per heavy atom. The molecule has 1 fully saturated rings. The Balaban J connectivity index is 2.53. The molecule has 1 rings (SSSR count). The molecular formula is C12H21NO. The summed E-state index contributed by atoms with van der Waals surface area (Å²) in [6, 6.07) is 0. The number of nitrogens with two attached hydrogens (primary N) is 1. The highest BCUT2D eigenvalue weighted by atomic mass is 16.1. The first-order valence-electron chi connectivity index (χ1n) is 5.57. The second-order valence-electron chi connectivity index (χ2n) is 4.42. The van der Waals surface area contributed by atoms with Crippen LogP contribution in [0.15, 0.2) is 12.2 Å². The zero-order valence-corrected chi connectivity index (χ0v) is 9.14. The maximum absolute atomic E-state index is 11.9. The fraction of sp³-hybridized carbons (Fsp3) is 0.750. The summed E-state index contributed by atoms with van der Waals surface area (Å²) in [5, 5.41) is 0. The zero-order chi connectivity index (χ0) is 10.6. The lowest BCUT2D eigenvalue weighted by atomic mass is 9.78. The Kier molecular flexibility index (Phi) is 3.87. The summed E-state index contributed by atoms with van der Waals surface area (Å²) in [5.41, 5.74) is 6.59. The van der Waals surface area contributed by atoms with Gasteiger partial charge in [0.05, 0.1) is 5.54 Å². The molecule has 2 N–H and O–H groups in total. The van der Waals surface area contributed by atoms with Gasteiger partial charge in [0.15, 0.2) is 5.78 Å². The normalized spacial score (nSPS) is 20.4. The SMILES string of the molecule is C=C(CC)CC(=O)C1(N)CCCCC1. The lowest BCUT2D eigenvalue weighted by molar-refractivity contribution is -0.124. The van der Waals surface area contributed by atoms with E-state index in [2.05, 4.69) is 6.58 Å². The number of carbonyl (C=O) groups is 1. The van der Waals surface area contributed by atoms with E-state index < -0.39 is 5.54 Å². The molecule has 1 saturated carbocycles. The molecule has 0 radical (unpaired) electrons. The Morgan fingerprint density at radius 3 is 2.43 bits per heavy atom. The lowest BCUT2D eigenvalue weighted by Crippen LogP contribution is -2.49. The van der Waals surface area contributed by atoms with Crippen molar-refractivity contribution in [1.29, 1.82) is 0 Å². The van der Waals surface area contributed by atoms with Crippen molar-refractivity contribution < 1.29 is 4.79 Å². The third-order valence-corrected chi connectivity index (χ3v) is 3.21. The molecule has 0 bridgehead atoms. The third kappa shape index (κ3) is 2.68. The van der Waals surface area contributed by atoms with Crippen molar-refractivity contribution in [1.82, 2.24) is 0 Å². The summed E-state index contributed by atoms with van der Waals surface area (Å²) >= 11 is 0. The van der Waals surface area contributed by atoms with Gasteiger partial charge in [0, 0.05) is 6.42 Å². The molecule has 0 aliphatic heterocycles.